The number of rotatable bonds is 4. The van der Waals surface area contributed by atoms with Crippen molar-refractivity contribution in [2.24, 2.45) is 4.99 Å². The molecule has 0 aliphatic carbocycles. The average molecular weight is 246 g/mol. The molecule has 1 aliphatic heterocycles. The van der Waals surface area contributed by atoms with E-state index in [9.17, 15) is 0 Å². The van der Waals surface area contributed by atoms with Crippen molar-refractivity contribution in [1.29, 1.82) is 0 Å². The zero-order valence-corrected chi connectivity index (χ0v) is 11.4. The molecule has 1 saturated heterocycles. The molecular formula is C15H22N2O. The largest absolute Gasteiger partial charge is 0.496 e. The summed E-state index contributed by atoms with van der Waals surface area (Å²) in [7, 11) is 1.70. The van der Waals surface area contributed by atoms with Crippen LogP contribution in [-0.2, 0) is 0 Å². The highest BCUT2D eigenvalue weighted by Crippen LogP contribution is 2.26. The third kappa shape index (κ3) is 3.10. The molecule has 0 radical (unpaired) electrons. The van der Waals surface area contributed by atoms with E-state index >= 15 is 0 Å². The third-order valence-corrected chi connectivity index (χ3v) is 3.49. The molecule has 1 aliphatic rings. The maximum atomic E-state index is 5.37. The number of aliphatic imine (C=N–C) groups is 1. The highest BCUT2D eigenvalue weighted by Gasteiger charge is 2.18. The van der Waals surface area contributed by atoms with E-state index in [4.69, 9.17) is 4.74 Å². The fourth-order valence-corrected chi connectivity index (χ4v) is 2.40. The summed E-state index contributed by atoms with van der Waals surface area (Å²) in [6.07, 6.45) is 4.48. The molecule has 0 saturated carbocycles. The van der Waals surface area contributed by atoms with E-state index in [1.54, 1.807) is 7.11 Å². The maximum Gasteiger partial charge on any atom is 0.124 e. The summed E-state index contributed by atoms with van der Waals surface area (Å²) in [5.74, 6) is 0.912. The lowest BCUT2D eigenvalue weighted by Gasteiger charge is -2.12. The lowest BCUT2D eigenvalue weighted by molar-refractivity contribution is 0.407. The highest BCUT2D eigenvalue weighted by atomic mass is 16.5. The first kappa shape index (κ1) is 13.1. The molecule has 0 spiro atoms. The molecule has 3 nitrogen and oxygen atoms in total. The fraction of sp³-hybridized carbons (Fsp3) is 0.533. The molecule has 3 atom stereocenters. The van der Waals surface area contributed by atoms with Crippen LogP contribution in [0.15, 0.2) is 29.3 Å². The molecule has 1 aromatic rings. The monoisotopic (exact) mass is 246 g/mol. The van der Waals surface area contributed by atoms with Crippen LogP contribution >= 0.6 is 0 Å². The van der Waals surface area contributed by atoms with Crippen molar-refractivity contribution < 1.29 is 4.74 Å². The second-order valence-corrected chi connectivity index (χ2v) is 4.97. The van der Waals surface area contributed by atoms with Crippen LogP contribution in [0.25, 0.3) is 0 Å². The molecule has 0 aromatic heterocycles. The normalized spacial score (nSPS) is 25.5. The van der Waals surface area contributed by atoms with Crippen LogP contribution in [0.3, 0.4) is 0 Å². The van der Waals surface area contributed by atoms with Crippen LogP contribution in [0.1, 0.15) is 38.3 Å². The summed E-state index contributed by atoms with van der Waals surface area (Å²) in [4.78, 5) is 4.65. The van der Waals surface area contributed by atoms with Gasteiger partial charge >= 0.3 is 0 Å². The van der Waals surface area contributed by atoms with E-state index in [2.05, 4.69) is 36.4 Å². The molecule has 98 valence electrons. The van der Waals surface area contributed by atoms with Crippen LogP contribution in [0.2, 0.25) is 0 Å². The third-order valence-electron chi connectivity index (χ3n) is 3.49. The van der Waals surface area contributed by atoms with Crippen LogP contribution in [0, 0.1) is 0 Å². The predicted octanol–water partition coefficient (Wildman–Crippen LogP) is 2.97. The second kappa shape index (κ2) is 6.01. The van der Waals surface area contributed by atoms with E-state index in [-0.39, 0.29) is 6.04 Å². The van der Waals surface area contributed by atoms with E-state index < -0.39 is 0 Å². The SMILES string of the molecule is COc1ccccc1C(C)N=CC1CCC(C)N1. The van der Waals surface area contributed by atoms with E-state index in [0.29, 0.717) is 12.1 Å². The molecule has 0 amide bonds. The first-order chi connectivity index (χ1) is 8.70. The highest BCUT2D eigenvalue weighted by molar-refractivity contribution is 5.65. The van der Waals surface area contributed by atoms with Gasteiger partial charge in [0.2, 0.25) is 0 Å². The predicted molar refractivity (Wildman–Crippen MR) is 75.5 cm³/mol. The topological polar surface area (TPSA) is 33.6 Å². The summed E-state index contributed by atoms with van der Waals surface area (Å²) in [5, 5.41) is 3.51. The minimum atomic E-state index is 0.138. The van der Waals surface area contributed by atoms with Gasteiger partial charge in [0.1, 0.15) is 5.75 Å². The summed E-state index contributed by atoms with van der Waals surface area (Å²) < 4.78 is 5.37. The molecule has 1 N–H and O–H groups in total. The molecular weight excluding hydrogens is 224 g/mol. The number of methoxy groups -OCH3 is 1. The Hall–Kier alpha value is -1.35. The van der Waals surface area contributed by atoms with Gasteiger partial charge in [-0.2, -0.15) is 0 Å². The Morgan fingerprint density at radius 2 is 2.17 bits per heavy atom. The standard InChI is InChI=1S/C15H22N2O/c1-11-8-9-13(17-11)10-16-12(2)14-6-4-5-7-15(14)18-3/h4-7,10-13,17H,8-9H2,1-3H3. The van der Waals surface area contributed by atoms with Crippen LogP contribution in [0.4, 0.5) is 0 Å². The number of ether oxygens (including phenoxy) is 1. The first-order valence-corrected chi connectivity index (χ1v) is 6.63. The van der Waals surface area contributed by atoms with Crippen LogP contribution < -0.4 is 10.1 Å². The van der Waals surface area contributed by atoms with Gasteiger partial charge in [0.25, 0.3) is 0 Å². The molecule has 2 rings (SSSR count). The lowest BCUT2D eigenvalue weighted by Crippen LogP contribution is -2.28. The Labute approximate surface area is 109 Å². The molecule has 0 bridgehead atoms. The van der Waals surface area contributed by atoms with Gasteiger partial charge in [0, 0.05) is 23.9 Å². The summed E-state index contributed by atoms with van der Waals surface area (Å²) in [6, 6.07) is 9.25. The van der Waals surface area contributed by atoms with Crippen LogP contribution in [0.5, 0.6) is 5.75 Å². The van der Waals surface area contributed by atoms with Gasteiger partial charge in [0.15, 0.2) is 0 Å². The van der Waals surface area contributed by atoms with E-state index in [1.165, 1.54) is 12.8 Å². The van der Waals surface area contributed by atoms with Crippen molar-refractivity contribution >= 4 is 6.21 Å². The Morgan fingerprint density at radius 1 is 1.39 bits per heavy atom. The number of hydrogen-bond donors (Lipinski definition) is 1. The van der Waals surface area contributed by atoms with E-state index in [0.717, 1.165) is 11.3 Å². The quantitative estimate of drug-likeness (QED) is 0.829. The molecule has 3 unspecified atom stereocenters. The first-order valence-electron chi connectivity index (χ1n) is 6.63. The van der Waals surface area contributed by atoms with Gasteiger partial charge in [-0.3, -0.25) is 4.99 Å². The maximum absolute atomic E-state index is 5.37. The van der Waals surface area contributed by atoms with E-state index in [1.807, 2.05) is 18.2 Å². The van der Waals surface area contributed by atoms with Crippen molar-refractivity contribution in [2.75, 3.05) is 7.11 Å². The minimum absolute atomic E-state index is 0.138. The Bertz CT molecular complexity index is 417. The molecule has 18 heavy (non-hydrogen) atoms. The number of nitrogens with one attached hydrogen (secondary N) is 1. The number of para-hydroxylation sites is 1. The minimum Gasteiger partial charge on any atom is -0.496 e. The second-order valence-electron chi connectivity index (χ2n) is 4.97. The molecule has 1 fully saturated rings. The van der Waals surface area contributed by atoms with Crippen LogP contribution in [-0.4, -0.2) is 25.4 Å². The van der Waals surface area contributed by atoms with Crippen molar-refractivity contribution in [3.8, 4) is 5.75 Å². The van der Waals surface area contributed by atoms with Crippen molar-refractivity contribution in [3.05, 3.63) is 29.8 Å². The van der Waals surface area contributed by atoms with Crippen molar-refractivity contribution in [2.45, 2.75) is 44.8 Å². The zero-order chi connectivity index (χ0) is 13.0. The fourth-order valence-electron chi connectivity index (χ4n) is 2.40. The molecule has 1 aromatic carbocycles. The Balaban J connectivity index is 2.02. The number of hydrogen-bond acceptors (Lipinski definition) is 3. The van der Waals surface area contributed by atoms with Crippen molar-refractivity contribution in [3.63, 3.8) is 0 Å². The molecule has 1 heterocycles. The van der Waals surface area contributed by atoms with Gasteiger partial charge in [-0.15, -0.1) is 0 Å². The Kier molecular flexibility index (Phi) is 4.37. The van der Waals surface area contributed by atoms with Gasteiger partial charge in [-0.1, -0.05) is 18.2 Å². The van der Waals surface area contributed by atoms with Gasteiger partial charge < -0.3 is 10.1 Å². The van der Waals surface area contributed by atoms with Gasteiger partial charge in [-0.05, 0) is 32.8 Å². The van der Waals surface area contributed by atoms with Crippen molar-refractivity contribution in [1.82, 2.24) is 5.32 Å². The van der Waals surface area contributed by atoms with Gasteiger partial charge in [0.05, 0.1) is 13.2 Å². The lowest BCUT2D eigenvalue weighted by atomic mass is 10.1. The zero-order valence-electron chi connectivity index (χ0n) is 11.4. The Morgan fingerprint density at radius 3 is 2.83 bits per heavy atom. The summed E-state index contributed by atoms with van der Waals surface area (Å²) in [6.45, 7) is 4.32. The average Bonchev–Trinajstić information content (AvgIpc) is 2.81. The smallest absolute Gasteiger partial charge is 0.124 e. The number of nitrogens with zero attached hydrogens (tertiary/aromatic N) is 1. The summed E-state index contributed by atoms with van der Waals surface area (Å²) in [5.41, 5.74) is 1.14. The number of benzene rings is 1. The summed E-state index contributed by atoms with van der Waals surface area (Å²) >= 11 is 0. The van der Waals surface area contributed by atoms with Gasteiger partial charge in [-0.25, -0.2) is 0 Å². The molecule has 3 heteroatoms.